The molecule has 3 heterocycles. The summed E-state index contributed by atoms with van der Waals surface area (Å²) in [4.78, 5) is 54.5. The highest BCUT2D eigenvalue weighted by atomic mass is 32.1. The van der Waals surface area contributed by atoms with Gasteiger partial charge in [-0.2, -0.15) is 0 Å². The van der Waals surface area contributed by atoms with Gasteiger partial charge in [-0.3, -0.25) is 9.59 Å². The Morgan fingerprint density at radius 2 is 1.89 bits per heavy atom. The number of nitrogens with one attached hydrogen (secondary N) is 1. The first kappa shape index (κ1) is 28.0. The summed E-state index contributed by atoms with van der Waals surface area (Å²) in [6.45, 7) is 9.05. The minimum atomic E-state index is -1.10. The summed E-state index contributed by atoms with van der Waals surface area (Å²) in [6.07, 6.45) is 3.07. The van der Waals surface area contributed by atoms with Crippen molar-refractivity contribution in [2.75, 3.05) is 24.5 Å². The largest absolute Gasteiger partial charge is 0.477 e. The lowest BCUT2D eigenvalue weighted by Gasteiger charge is -2.34. The monoisotopic (exact) mass is 543 g/mol. The van der Waals surface area contributed by atoms with Gasteiger partial charge in [-0.1, -0.05) is 18.8 Å². The lowest BCUT2D eigenvalue weighted by Crippen LogP contribution is -2.47. The van der Waals surface area contributed by atoms with E-state index in [0.29, 0.717) is 36.0 Å². The van der Waals surface area contributed by atoms with Crippen LogP contribution in [0.1, 0.15) is 80.8 Å². The Labute approximate surface area is 227 Å². The summed E-state index contributed by atoms with van der Waals surface area (Å²) < 4.78 is 5.51. The van der Waals surface area contributed by atoms with Gasteiger partial charge in [-0.05, 0) is 64.9 Å². The number of aromatic carboxylic acids is 1. The Bertz CT molecular complexity index is 1150. The summed E-state index contributed by atoms with van der Waals surface area (Å²) >= 11 is 1.08. The summed E-state index contributed by atoms with van der Waals surface area (Å²) in [6, 6.07) is 1.33. The molecule has 3 aliphatic rings. The predicted molar refractivity (Wildman–Crippen MR) is 144 cm³/mol. The molecular weight excluding hydrogens is 506 g/mol. The Morgan fingerprint density at radius 3 is 2.50 bits per heavy atom. The van der Waals surface area contributed by atoms with Crippen molar-refractivity contribution in [2.45, 2.75) is 78.4 Å². The third-order valence-corrected chi connectivity index (χ3v) is 8.35. The fraction of sp³-hybridized carbons (Fsp3) is 0.643. The van der Waals surface area contributed by atoms with Crippen LogP contribution in [0.15, 0.2) is 6.07 Å². The van der Waals surface area contributed by atoms with E-state index >= 15 is 0 Å². The van der Waals surface area contributed by atoms with E-state index in [1.54, 1.807) is 15.9 Å². The number of carboxylic acids is 1. The number of carbonyl (C=O) groups is 4. The molecule has 1 aromatic rings. The molecule has 10 heteroatoms. The van der Waals surface area contributed by atoms with E-state index in [4.69, 9.17) is 4.74 Å². The van der Waals surface area contributed by atoms with Gasteiger partial charge < -0.3 is 25.0 Å². The SMILES string of the molecule is CC1CCC(C(=O)N(c2cc(C#CC(C)(C)C)sc2C(=O)O)[C@@H]2CCN(C(=O)OC3CNC(=O)C3)C2)CC1. The van der Waals surface area contributed by atoms with Crippen LogP contribution < -0.4 is 10.2 Å². The third-order valence-electron chi connectivity index (χ3n) is 7.32. The van der Waals surface area contributed by atoms with E-state index in [-0.39, 0.29) is 47.0 Å². The van der Waals surface area contributed by atoms with Crippen LogP contribution in [-0.4, -0.2) is 65.7 Å². The van der Waals surface area contributed by atoms with Crippen molar-refractivity contribution >= 4 is 40.9 Å². The fourth-order valence-electron chi connectivity index (χ4n) is 5.22. The number of nitrogens with zero attached hydrogens (tertiary/aromatic N) is 2. The molecule has 2 atom stereocenters. The molecule has 1 aromatic heterocycles. The lowest BCUT2D eigenvalue weighted by atomic mass is 9.82. The van der Waals surface area contributed by atoms with Gasteiger partial charge in [0.2, 0.25) is 11.8 Å². The molecule has 1 aliphatic carbocycles. The molecule has 9 nitrogen and oxygen atoms in total. The van der Waals surface area contributed by atoms with Crippen LogP contribution in [0.3, 0.4) is 0 Å². The van der Waals surface area contributed by atoms with E-state index in [9.17, 15) is 24.3 Å². The smallest absolute Gasteiger partial charge is 0.410 e. The summed E-state index contributed by atoms with van der Waals surface area (Å²) in [5.74, 6) is 5.28. The first-order valence-electron chi connectivity index (χ1n) is 13.4. The maximum atomic E-state index is 14.0. The van der Waals surface area contributed by atoms with Crippen molar-refractivity contribution < 1.29 is 29.0 Å². The van der Waals surface area contributed by atoms with Crippen molar-refractivity contribution in [1.82, 2.24) is 10.2 Å². The van der Waals surface area contributed by atoms with Gasteiger partial charge in [0.25, 0.3) is 0 Å². The molecule has 206 valence electrons. The maximum absolute atomic E-state index is 14.0. The standard InChI is InChI=1S/C28H37N3O6S/c1-17-5-7-18(8-6-17)25(33)31(22-14-21(9-11-28(2,3)4)38-24(22)26(34)35)19-10-12-30(16-19)27(36)37-20-13-23(32)29-15-20/h14,17-20H,5-8,10,12-13,15-16H2,1-4H3,(H,29,32)(H,34,35)/t17?,18?,19-,20?/m1/s1. The molecular formula is C28H37N3O6S. The van der Waals surface area contributed by atoms with Gasteiger partial charge >= 0.3 is 12.1 Å². The number of ether oxygens (including phenoxy) is 1. The quantitative estimate of drug-likeness (QED) is 0.540. The molecule has 3 amide bonds. The van der Waals surface area contributed by atoms with Crippen LogP contribution in [0.4, 0.5) is 10.5 Å². The third kappa shape index (κ3) is 6.68. The number of carboxylic acid groups (broad SMARTS) is 1. The highest BCUT2D eigenvalue weighted by Gasteiger charge is 2.40. The molecule has 0 radical (unpaired) electrons. The van der Waals surface area contributed by atoms with Crippen LogP contribution in [0.2, 0.25) is 0 Å². The number of hydrogen-bond donors (Lipinski definition) is 2. The Kier molecular flexibility index (Phi) is 8.36. The van der Waals surface area contributed by atoms with Gasteiger partial charge in [0.05, 0.1) is 29.6 Å². The minimum absolute atomic E-state index is 0.0808. The first-order valence-corrected chi connectivity index (χ1v) is 14.2. The maximum Gasteiger partial charge on any atom is 0.410 e. The lowest BCUT2D eigenvalue weighted by molar-refractivity contribution is -0.124. The average Bonchev–Trinajstić information content (AvgIpc) is 3.58. The molecule has 38 heavy (non-hydrogen) atoms. The van der Waals surface area contributed by atoms with E-state index in [1.165, 1.54) is 0 Å². The number of thiophene rings is 1. The molecule has 0 aromatic carbocycles. The average molecular weight is 544 g/mol. The van der Waals surface area contributed by atoms with Gasteiger partial charge in [-0.25, -0.2) is 9.59 Å². The number of rotatable bonds is 5. The van der Waals surface area contributed by atoms with Crippen molar-refractivity contribution in [3.05, 3.63) is 15.8 Å². The Morgan fingerprint density at radius 1 is 1.18 bits per heavy atom. The van der Waals surface area contributed by atoms with Crippen LogP contribution in [0.5, 0.6) is 0 Å². The molecule has 2 saturated heterocycles. The highest BCUT2D eigenvalue weighted by Crippen LogP contribution is 2.38. The normalized spacial score (nSPS) is 25.4. The summed E-state index contributed by atoms with van der Waals surface area (Å²) in [7, 11) is 0. The number of hydrogen-bond acceptors (Lipinski definition) is 6. The Balaban J connectivity index is 1.61. The molecule has 0 bridgehead atoms. The molecule has 3 fully saturated rings. The van der Waals surface area contributed by atoms with Crippen LogP contribution >= 0.6 is 11.3 Å². The van der Waals surface area contributed by atoms with Gasteiger partial charge in [-0.15, -0.1) is 11.3 Å². The van der Waals surface area contributed by atoms with Crippen LogP contribution in [0.25, 0.3) is 0 Å². The van der Waals surface area contributed by atoms with E-state index in [2.05, 4.69) is 24.1 Å². The van der Waals surface area contributed by atoms with Crippen molar-refractivity contribution in [3.8, 4) is 11.8 Å². The topological polar surface area (TPSA) is 116 Å². The number of amides is 3. The van der Waals surface area contributed by atoms with E-state index in [1.807, 2.05) is 20.8 Å². The van der Waals surface area contributed by atoms with Crippen molar-refractivity contribution in [3.63, 3.8) is 0 Å². The zero-order valence-corrected chi connectivity index (χ0v) is 23.4. The van der Waals surface area contributed by atoms with Gasteiger partial charge in [0.1, 0.15) is 11.0 Å². The number of anilines is 1. The number of carbonyl (C=O) groups excluding carboxylic acids is 3. The highest BCUT2D eigenvalue weighted by molar-refractivity contribution is 7.15. The van der Waals surface area contributed by atoms with Crippen molar-refractivity contribution in [2.24, 2.45) is 17.3 Å². The predicted octanol–water partition coefficient (Wildman–Crippen LogP) is 4.10. The van der Waals surface area contributed by atoms with E-state index in [0.717, 1.165) is 37.0 Å². The molecule has 0 spiro atoms. The first-order chi connectivity index (χ1) is 17.9. The zero-order chi connectivity index (χ0) is 27.6. The second-order valence-electron chi connectivity index (χ2n) is 11.7. The van der Waals surface area contributed by atoms with Crippen molar-refractivity contribution in [1.29, 1.82) is 0 Å². The number of likely N-dealkylation sites (tertiary alicyclic amines) is 1. The summed E-state index contributed by atoms with van der Waals surface area (Å²) in [5.41, 5.74) is 0.100. The summed E-state index contributed by atoms with van der Waals surface area (Å²) in [5, 5.41) is 12.7. The fourth-order valence-corrected chi connectivity index (χ4v) is 6.06. The van der Waals surface area contributed by atoms with Crippen LogP contribution in [-0.2, 0) is 14.3 Å². The Hall–Kier alpha value is -3.06. The second kappa shape index (κ2) is 11.4. The molecule has 1 unspecified atom stereocenters. The molecule has 1 saturated carbocycles. The molecule has 4 rings (SSSR count). The minimum Gasteiger partial charge on any atom is -0.477 e. The zero-order valence-electron chi connectivity index (χ0n) is 22.5. The van der Waals surface area contributed by atoms with Gasteiger partial charge in [0.15, 0.2) is 0 Å². The molecule has 2 N–H and O–H groups in total. The second-order valence-corrected chi connectivity index (χ2v) is 12.7. The van der Waals surface area contributed by atoms with Crippen LogP contribution in [0, 0.1) is 29.1 Å². The van der Waals surface area contributed by atoms with Gasteiger partial charge in [0, 0.05) is 24.4 Å². The molecule has 2 aliphatic heterocycles. The van der Waals surface area contributed by atoms with E-state index < -0.39 is 18.2 Å².